The molecule has 6 nitrogen and oxygen atoms in total. The number of aliphatic imine (C=N–C) groups is 1. The van der Waals surface area contributed by atoms with Crippen LogP contribution in [0.2, 0.25) is 0 Å². The number of guanidine groups is 1. The van der Waals surface area contributed by atoms with Gasteiger partial charge in [0.15, 0.2) is 5.96 Å². The molecule has 28 heavy (non-hydrogen) atoms. The molecule has 2 rings (SSSR count). The molecule has 1 heterocycles. The number of rotatable bonds is 8. The van der Waals surface area contributed by atoms with Crippen molar-refractivity contribution in [1.82, 2.24) is 15.1 Å². The van der Waals surface area contributed by atoms with Crippen molar-refractivity contribution in [3.8, 4) is 0 Å². The van der Waals surface area contributed by atoms with Crippen molar-refractivity contribution in [2.75, 3.05) is 53.2 Å². The van der Waals surface area contributed by atoms with Crippen LogP contribution in [-0.4, -0.2) is 70.0 Å². The molecule has 0 aliphatic rings. The third-order valence-corrected chi connectivity index (χ3v) is 5.24. The second-order valence-electron chi connectivity index (χ2n) is 7.10. The zero-order valence-corrected chi connectivity index (χ0v) is 18.3. The molecule has 0 aliphatic heterocycles. The van der Waals surface area contributed by atoms with E-state index in [2.05, 4.69) is 61.9 Å². The predicted octanol–water partition coefficient (Wildman–Crippen LogP) is 2.52. The van der Waals surface area contributed by atoms with Crippen LogP contribution >= 0.6 is 11.3 Å². The van der Waals surface area contributed by atoms with E-state index in [9.17, 15) is 4.79 Å². The molecule has 0 bridgehead atoms. The predicted molar refractivity (Wildman–Crippen MR) is 119 cm³/mol. The molecule has 1 N–H and O–H groups in total. The van der Waals surface area contributed by atoms with Gasteiger partial charge in [0.05, 0.1) is 0 Å². The average Bonchev–Trinajstić information content (AvgIpc) is 3.17. The van der Waals surface area contributed by atoms with Crippen molar-refractivity contribution in [3.05, 3.63) is 52.2 Å². The first kappa shape index (κ1) is 21.8. The Kier molecular flexibility index (Phi) is 8.32. The molecule has 7 heteroatoms. The Bertz CT molecular complexity index is 771. The molecule has 1 aromatic carbocycles. The van der Waals surface area contributed by atoms with Gasteiger partial charge in [-0.25, -0.2) is 4.99 Å². The van der Waals surface area contributed by atoms with Crippen LogP contribution in [0, 0.1) is 0 Å². The number of hydrogen-bond acceptors (Lipinski definition) is 4. The normalized spacial score (nSPS) is 11.2. The van der Waals surface area contributed by atoms with Crippen LogP contribution in [0.1, 0.15) is 10.4 Å². The summed E-state index contributed by atoms with van der Waals surface area (Å²) >= 11 is 1.75. The van der Waals surface area contributed by atoms with E-state index in [1.165, 1.54) is 10.4 Å². The van der Waals surface area contributed by atoms with Gasteiger partial charge in [0, 0.05) is 58.9 Å². The third kappa shape index (κ3) is 6.88. The standard InChI is InChI=1S/C21H31N5OS/c1-24(2)18-9-6-8-17(14-18)16-26(5)21(23-15-20(27)25(3)4)22-12-11-19-10-7-13-28-19/h6-10,13-14H,11-12,15-16H2,1-5H3,(H,22,23). The monoisotopic (exact) mass is 401 g/mol. The van der Waals surface area contributed by atoms with Gasteiger partial charge in [0.25, 0.3) is 0 Å². The molecular weight excluding hydrogens is 370 g/mol. The van der Waals surface area contributed by atoms with E-state index >= 15 is 0 Å². The Morgan fingerprint density at radius 3 is 2.54 bits per heavy atom. The first-order valence-corrected chi connectivity index (χ1v) is 10.2. The molecular formula is C21H31N5OS. The number of amides is 1. The second kappa shape index (κ2) is 10.7. The highest BCUT2D eigenvalue weighted by Gasteiger charge is 2.10. The molecule has 0 unspecified atom stereocenters. The van der Waals surface area contributed by atoms with Gasteiger partial charge in [-0.2, -0.15) is 0 Å². The van der Waals surface area contributed by atoms with E-state index in [1.807, 2.05) is 21.1 Å². The molecule has 0 saturated heterocycles. The van der Waals surface area contributed by atoms with Crippen molar-refractivity contribution in [2.45, 2.75) is 13.0 Å². The maximum absolute atomic E-state index is 12.0. The van der Waals surface area contributed by atoms with Crippen LogP contribution in [0.25, 0.3) is 0 Å². The quantitative estimate of drug-likeness (QED) is 0.546. The van der Waals surface area contributed by atoms with E-state index in [1.54, 1.807) is 30.3 Å². The van der Waals surface area contributed by atoms with Gasteiger partial charge < -0.3 is 20.0 Å². The Morgan fingerprint density at radius 2 is 1.89 bits per heavy atom. The van der Waals surface area contributed by atoms with Gasteiger partial charge in [-0.3, -0.25) is 4.79 Å². The fraction of sp³-hybridized carbons (Fsp3) is 0.429. The van der Waals surface area contributed by atoms with Crippen molar-refractivity contribution < 1.29 is 4.79 Å². The smallest absolute Gasteiger partial charge is 0.243 e. The van der Waals surface area contributed by atoms with Crippen LogP contribution in [-0.2, 0) is 17.8 Å². The first-order valence-electron chi connectivity index (χ1n) is 9.35. The van der Waals surface area contributed by atoms with Crippen LogP contribution in [0.5, 0.6) is 0 Å². The Labute approximate surface area is 172 Å². The van der Waals surface area contributed by atoms with Crippen LogP contribution < -0.4 is 10.2 Å². The zero-order valence-electron chi connectivity index (χ0n) is 17.5. The number of anilines is 1. The van der Waals surface area contributed by atoms with Crippen LogP contribution in [0.4, 0.5) is 5.69 Å². The summed E-state index contributed by atoms with van der Waals surface area (Å²) in [5.41, 5.74) is 2.36. The van der Waals surface area contributed by atoms with Gasteiger partial charge in [-0.15, -0.1) is 11.3 Å². The van der Waals surface area contributed by atoms with E-state index in [0.29, 0.717) is 6.54 Å². The zero-order chi connectivity index (χ0) is 20.5. The molecule has 0 spiro atoms. The van der Waals surface area contributed by atoms with E-state index in [4.69, 9.17) is 0 Å². The molecule has 1 amide bonds. The van der Waals surface area contributed by atoms with Gasteiger partial charge >= 0.3 is 0 Å². The molecule has 0 saturated carbocycles. The Hall–Kier alpha value is -2.54. The van der Waals surface area contributed by atoms with Crippen molar-refractivity contribution in [1.29, 1.82) is 0 Å². The highest BCUT2D eigenvalue weighted by molar-refractivity contribution is 7.09. The summed E-state index contributed by atoms with van der Waals surface area (Å²) in [5, 5.41) is 5.50. The number of nitrogens with one attached hydrogen (secondary N) is 1. The number of hydrogen-bond donors (Lipinski definition) is 1. The summed E-state index contributed by atoms with van der Waals surface area (Å²) in [6.07, 6.45) is 0.933. The number of likely N-dealkylation sites (N-methyl/N-ethyl adjacent to an activating group) is 1. The fourth-order valence-electron chi connectivity index (χ4n) is 2.63. The average molecular weight is 402 g/mol. The molecule has 0 fully saturated rings. The number of benzene rings is 1. The fourth-order valence-corrected chi connectivity index (χ4v) is 3.34. The molecule has 1 aromatic heterocycles. The number of carbonyl (C=O) groups excluding carboxylic acids is 1. The topological polar surface area (TPSA) is 51.2 Å². The Morgan fingerprint density at radius 1 is 1.11 bits per heavy atom. The lowest BCUT2D eigenvalue weighted by atomic mass is 10.2. The van der Waals surface area contributed by atoms with Crippen molar-refractivity contribution in [2.24, 2.45) is 4.99 Å². The number of thiophene rings is 1. The van der Waals surface area contributed by atoms with Crippen LogP contribution in [0.15, 0.2) is 46.8 Å². The molecule has 0 radical (unpaired) electrons. The summed E-state index contributed by atoms with van der Waals surface area (Å²) in [5.74, 6) is 0.725. The summed E-state index contributed by atoms with van der Waals surface area (Å²) < 4.78 is 0. The van der Waals surface area contributed by atoms with Crippen molar-refractivity contribution in [3.63, 3.8) is 0 Å². The molecule has 152 valence electrons. The van der Waals surface area contributed by atoms with E-state index in [-0.39, 0.29) is 12.5 Å². The van der Waals surface area contributed by atoms with Gasteiger partial charge in [-0.05, 0) is 35.6 Å². The lowest BCUT2D eigenvalue weighted by molar-refractivity contribution is -0.127. The van der Waals surface area contributed by atoms with Gasteiger partial charge in [-0.1, -0.05) is 18.2 Å². The van der Waals surface area contributed by atoms with Crippen molar-refractivity contribution >= 4 is 28.9 Å². The second-order valence-corrected chi connectivity index (χ2v) is 8.14. The van der Waals surface area contributed by atoms with E-state index in [0.717, 1.165) is 24.6 Å². The molecule has 0 aliphatic carbocycles. The van der Waals surface area contributed by atoms with E-state index < -0.39 is 0 Å². The highest BCUT2D eigenvalue weighted by atomic mass is 32.1. The number of nitrogens with zero attached hydrogens (tertiary/aromatic N) is 4. The minimum atomic E-state index is -0.0134. The largest absolute Gasteiger partial charge is 0.378 e. The third-order valence-electron chi connectivity index (χ3n) is 4.31. The lowest BCUT2D eigenvalue weighted by Crippen LogP contribution is -2.40. The SMILES string of the molecule is CN(C)C(=O)CN=C(NCCc1cccs1)N(C)Cc1cccc(N(C)C)c1. The summed E-state index contributed by atoms with van der Waals surface area (Å²) in [6.45, 7) is 1.62. The minimum Gasteiger partial charge on any atom is -0.378 e. The summed E-state index contributed by atoms with van der Waals surface area (Å²) in [4.78, 5) is 23.6. The maximum atomic E-state index is 12.0. The summed E-state index contributed by atoms with van der Waals surface area (Å²) in [6, 6.07) is 12.6. The van der Waals surface area contributed by atoms with Gasteiger partial charge in [0.2, 0.25) is 5.91 Å². The Balaban J connectivity index is 2.06. The lowest BCUT2D eigenvalue weighted by Gasteiger charge is -2.23. The number of carbonyl (C=O) groups is 1. The molecule has 0 atom stereocenters. The minimum absolute atomic E-state index is 0.0134. The van der Waals surface area contributed by atoms with Crippen LogP contribution in [0.3, 0.4) is 0 Å². The first-order chi connectivity index (χ1) is 13.4. The highest BCUT2D eigenvalue weighted by Crippen LogP contribution is 2.15. The maximum Gasteiger partial charge on any atom is 0.243 e. The summed E-state index contributed by atoms with van der Waals surface area (Å²) in [7, 11) is 9.57. The molecule has 2 aromatic rings. The van der Waals surface area contributed by atoms with Gasteiger partial charge in [0.1, 0.15) is 6.54 Å².